The molecule has 0 saturated heterocycles. The van der Waals surface area contributed by atoms with Gasteiger partial charge >= 0.3 is 0 Å². The maximum absolute atomic E-state index is 8.73. The van der Waals surface area contributed by atoms with Gasteiger partial charge in [-0.15, -0.1) is 0 Å². The predicted molar refractivity (Wildman–Crippen MR) is 78.2 cm³/mol. The molecule has 0 saturated carbocycles. The zero-order valence-electron chi connectivity index (χ0n) is 10.0. The first-order chi connectivity index (χ1) is 9.13. The Bertz CT molecular complexity index is 632. The second kappa shape index (κ2) is 5.79. The fraction of sp³-hybridized carbons (Fsp3) is 0.0769. The van der Waals surface area contributed by atoms with Gasteiger partial charge in [0.05, 0.1) is 21.7 Å². The van der Waals surface area contributed by atoms with Crippen LogP contribution in [0, 0.1) is 11.3 Å². The zero-order chi connectivity index (χ0) is 13.8. The van der Waals surface area contributed by atoms with Crippen molar-refractivity contribution in [1.82, 2.24) is 4.98 Å². The summed E-state index contributed by atoms with van der Waals surface area (Å²) in [6, 6.07) is 10.7. The lowest BCUT2D eigenvalue weighted by Gasteiger charge is -2.10. The SMILES string of the molecule is CNc1nc(Nc2ccc(C#N)cc2)c(Cl)cc1Cl. The number of hydrogen-bond donors (Lipinski definition) is 2. The number of pyridine rings is 1. The van der Waals surface area contributed by atoms with Crippen LogP contribution < -0.4 is 10.6 Å². The molecule has 0 bridgehead atoms. The van der Waals surface area contributed by atoms with Crippen molar-refractivity contribution in [2.45, 2.75) is 0 Å². The number of hydrogen-bond acceptors (Lipinski definition) is 4. The molecule has 0 aliphatic rings. The van der Waals surface area contributed by atoms with Gasteiger partial charge < -0.3 is 10.6 Å². The number of nitrogens with one attached hydrogen (secondary N) is 2. The summed E-state index contributed by atoms with van der Waals surface area (Å²) in [7, 11) is 1.73. The summed E-state index contributed by atoms with van der Waals surface area (Å²) in [6.07, 6.45) is 0. The molecule has 1 heterocycles. The highest BCUT2D eigenvalue weighted by atomic mass is 35.5. The lowest BCUT2D eigenvalue weighted by Crippen LogP contribution is -1.99. The normalized spacial score (nSPS) is 9.79. The smallest absolute Gasteiger partial charge is 0.151 e. The highest BCUT2D eigenvalue weighted by molar-refractivity contribution is 6.37. The first kappa shape index (κ1) is 13.5. The van der Waals surface area contributed by atoms with Gasteiger partial charge in [0.1, 0.15) is 5.82 Å². The zero-order valence-corrected chi connectivity index (χ0v) is 11.5. The molecule has 0 amide bonds. The van der Waals surface area contributed by atoms with E-state index < -0.39 is 0 Å². The molecule has 0 atom stereocenters. The predicted octanol–water partition coefficient (Wildman–Crippen LogP) is 4.05. The molecule has 0 aliphatic heterocycles. The van der Waals surface area contributed by atoms with Gasteiger partial charge in [0.15, 0.2) is 5.82 Å². The van der Waals surface area contributed by atoms with Crippen LogP contribution in [-0.2, 0) is 0 Å². The average Bonchev–Trinajstić information content (AvgIpc) is 2.42. The standard InChI is InChI=1S/C13H10Cl2N4/c1-17-12-10(14)6-11(15)13(19-12)18-9-4-2-8(7-16)3-5-9/h2-6H,1H3,(H2,17,18,19). The van der Waals surface area contributed by atoms with Crippen molar-refractivity contribution < 1.29 is 0 Å². The molecule has 2 rings (SSSR count). The van der Waals surface area contributed by atoms with E-state index in [2.05, 4.69) is 21.7 Å². The Morgan fingerprint density at radius 2 is 1.74 bits per heavy atom. The highest BCUT2D eigenvalue weighted by Crippen LogP contribution is 2.30. The van der Waals surface area contributed by atoms with Crippen molar-refractivity contribution in [2.75, 3.05) is 17.7 Å². The van der Waals surface area contributed by atoms with Crippen molar-refractivity contribution in [3.63, 3.8) is 0 Å². The summed E-state index contributed by atoms with van der Waals surface area (Å²) in [5.74, 6) is 1.04. The van der Waals surface area contributed by atoms with E-state index in [9.17, 15) is 0 Å². The average molecular weight is 293 g/mol. The maximum atomic E-state index is 8.73. The summed E-state index contributed by atoms with van der Waals surface area (Å²) in [5.41, 5.74) is 1.38. The molecule has 0 spiro atoms. The molecule has 6 heteroatoms. The Hall–Kier alpha value is -1.96. The number of aromatic nitrogens is 1. The monoisotopic (exact) mass is 292 g/mol. The Balaban J connectivity index is 2.29. The van der Waals surface area contributed by atoms with Crippen LogP contribution in [-0.4, -0.2) is 12.0 Å². The molecule has 0 unspecified atom stereocenters. The first-order valence-electron chi connectivity index (χ1n) is 5.45. The second-order valence-electron chi connectivity index (χ2n) is 3.71. The van der Waals surface area contributed by atoms with Gasteiger partial charge in [-0.2, -0.15) is 5.26 Å². The molecular formula is C13H10Cl2N4. The minimum Gasteiger partial charge on any atom is -0.372 e. The van der Waals surface area contributed by atoms with Crippen LogP contribution in [0.15, 0.2) is 30.3 Å². The van der Waals surface area contributed by atoms with Crippen molar-refractivity contribution in [3.8, 4) is 6.07 Å². The van der Waals surface area contributed by atoms with E-state index in [1.54, 1.807) is 37.4 Å². The quantitative estimate of drug-likeness (QED) is 0.896. The Labute approximate surface area is 121 Å². The van der Waals surface area contributed by atoms with Gasteiger partial charge in [-0.1, -0.05) is 23.2 Å². The van der Waals surface area contributed by atoms with Gasteiger partial charge in [-0.25, -0.2) is 4.98 Å². The second-order valence-corrected chi connectivity index (χ2v) is 4.53. The van der Waals surface area contributed by atoms with Crippen LogP contribution in [0.25, 0.3) is 0 Å². The third kappa shape index (κ3) is 3.08. The lowest BCUT2D eigenvalue weighted by atomic mass is 10.2. The van der Waals surface area contributed by atoms with Crippen LogP contribution >= 0.6 is 23.2 Å². The van der Waals surface area contributed by atoms with E-state index in [0.717, 1.165) is 5.69 Å². The molecule has 2 N–H and O–H groups in total. The number of rotatable bonds is 3. The number of nitrogens with zero attached hydrogens (tertiary/aromatic N) is 2. The molecule has 96 valence electrons. The van der Waals surface area contributed by atoms with Gasteiger partial charge in [0.25, 0.3) is 0 Å². The van der Waals surface area contributed by atoms with Gasteiger partial charge in [0.2, 0.25) is 0 Å². The van der Waals surface area contributed by atoms with Crippen LogP contribution in [0.1, 0.15) is 5.56 Å². The van der Waals surface area contributed by atoms with E-state index in [0.29, 0.717) is 27.2 Å². The van der Waals surface area contributed by atoms with Gasteiger partial charge in [0, 0.05) is 12.7 Å². The largest absolute Gasteiger partial charge is 0.372 e. The van der Waals surface area contributed by atoms with Gasteiger partial charge in [-0.05, 0) is 30.3 Å². The minimum atomic E-state index is 0.424. The Morgan fingerprint density at radius 1 is 1.11 bits per heavy atom. The molecule has 0 fully saturated rings. The molecule has 0 radical (unpaired) electrons. The van der Waals surface area contributed by atoms with Crippen LogP contribution in [0.4, 0.5) is 17.3 Å². The maximum Gasteiger partial charge on any atom is 0.151 e. The number of halogens is 2. The highest BCUT2D eigenvalue weighted by Gasteiger charge is 2.08. The third-order valence-corrected chi connectivity index (χ3v) is 3.02. The number of benzene rings is 1. The van der Waals surface area contributed by atoms with Crippen LogP contribution in [0.3, 0.4) is 0 Å². The summed E-state index contributed by atoms with van der Waals surface area (Å²) in [4.78, 5) is 4.28. The summed E-state index contributed by atoms with van der Waals surface area (Å²) in [5, 5.41) is 15.6. The van der Waals surface area contributed by atoms with Crippen molar-refractivity contribution in [2.24, 2.45) is 0 Å². The fourth-order valence-corrected chi connectivity index (χ4v) is 1.99. The molecular weight excluding hydrogens is 283 g/mol. The number of anilines is 3. The Kier molecular flexibility index (Phi) is 4.10. The van der Waals surface area contributed by atoms with E-state index in [1.165, 1.54) is 0 Å². The van der Waals surface area contributed by atoms with Crippen molar-refractivity contribution in [3.05, 3.63) is 45.9 Å². The Morgan fingerprint density at radius 3 is 2.32 bits per heavy atom. The summed E-state index contributed by atoms with van der Waals surface area (Å²) >= 11 is 12.0. The topological polar surface area (TPSA) is 60.7 Å². The van der Waals surface area contributed by atoms with Crippen molar-refractivity contribution in [1.29, 1.82) is 5.26 Å². The van der Waals surface area contributed by atoms with E-state index in [-0.39, 0.29) is 0 Å². The molecule has 0 aliphatic carbocycles. The van der Waals surface area contributed by atoms with Crippen molar-refractivity contribution >= 4 is 40.5 Å². The molecule has 1 aromatic carbocycles. The first-order valence-corrected chi connectivity index (χ1v) is 6.20. The summed E-state index contributed by atoms with van der Waals surface area (Å²) in [6.45, 7) is 0. The summed E-state index contributed by atoms with van der Waals surface area (Å²) < 4.78 is 0. The minimum absolute atomic E-state index is 0.424. The molecule has 19 heavy (non-hydrogen) atoms. The lowest BCUT2D eigenvalue weighted by molar-refractivity contribution is 1.27. The third-order valence-electron chi connectivity index (χ3n) is 2.44. The van der Waals surface area contributed by atoms with Crippen LogP contribution in [0.5, 0.6) is 0 Å². The number of nitriles is 1. The molecule has 2 aromatic rings. The molecule has 1 aromatic heterocycles. The van der Waals surface area contributed by atoms with E-state index in [1.807, 2.05) is 0 Å². The van der Waals surface area contributed by atoms with E-state index in [4.69, 9.17) is 28.5 Å². The van der Waals surface area contributed by atoms with Crippen LogP contribution in [0.2, 0.25) is 10.0 Å². The van der Waals surface area contributed by atoms with E-state index >= 15 is 0 Å². The molecule has 4 nitrogen and oxygen atoms in total. The fourth-order valence-electron chi connectivity index (χ4n) is 1.49. The van der Waals surface area contributed by atoms with Gasteiger partial charge in [-0.3, -0.25) is 0 Å².